The Labute approximate surface area is 137 Å². The minimum atomic E-state index is -4.53. The minimum absolute atomic E-state index is 0.342. The number of hydrogen-bond acceptors (Lipinski definition) is 4. The first-order chi connectivity index (χ1) is 11.4. The van der Waals surface area contributed by atoms with Crippen LogP contribution in [0.2, 0.25) is 0 Å². The lowest BCUT2D eigenvalue weighted by Gasteiger charge is -2.10. The highest BCUT2D eigenvalue weighted by atomic mass is 19.4. The third-order valence-corrected chi connectivity index (χ3v) is 5.01. The Morgan fingerprint density at radius 1 is 1.33 bits per heavy atom. The van der Waals surface area contributed by atoms with Crippen molar-refractivity contribution in [2.75, 3.05) is 18.8 Å². The van der Waals surface area contributed by atoms with Crippen molar-refractivity contribution in [3.8, 4) is 11.3 Å². The van der Waals surface area contributed by atoms with Crippen LogP contribution in [-0.2, 0) is 12.6 Å². The van der Waals surface area contributed by atoms with E-state index in [0.717, 1.165) is 31.4 Å². The van der Waals surface area contributed by atoms with Gasteiger partial charge in [-0.15, -0.1) is 0 Å². The molecule has 3 atom stereocenters. The van der Waals surface area contributed by atoms with Gasteiger partial charge in [-0.2, -0.15) is 13.2 Å². The van der Waals surface area contributed by atoms with E-state index in [-0.39, 0.29) is 0 Å². The predicted molar refractivity (Wildman–Crippen MR) is 83.1 cm³/mol. The molecular weight excluding hydrogens is 319 g/mol. The van der Waals surface area contributed by atoms with Crippen LogP contribution in [0.5, 0.6) is 0 Å². The lowest BCUT2D eigenvalue weighted by molar-refractivity contribution is -0.137. The van der Waals surface area contributed by atoms with Crippen molar-refractivity contribution in [1.82, 2.24) is 19.9 Å². The SMILES string of the molecule is CCc1nc(-c2cnc(N)c(C(F)(F)F)c2)cn1C1[C@H]2CNC[C@@H]12. The van der Waals surface area contributed by atoms with Crippen molar-refractivity contribution in [1.29, 1.82) is 0 Å². The molecule has 0 spiro atoms. The standard InChI is InChI=1S/C16H18F3N5/c1-2-13-23-12(7-24(13)14-9-5-21-6-10(9)14)8-3-11(16(17,18)19)15(20)22-4-8/h3-4,7,9-10,14,21H,2,5-6H2,1H3,(H2,20,22)/t9-,10+,14?. The van der Waals surface area contributed by atoms with E-state index in [1.807, 2.05) is 13.1 Å². The van der Waals surface area contributed by atoms with Crippen LogP contribution in [0.1, 0.15) is 24.4 Å². The number of nitrogens with two attached hydrogens (primary N) is 1. The number of halogens is 3. The maximum Gasteiger partial charge on any atom is 0.419 e. The second-order valence-electron chi connectivity index (χ2n) is 6.43. The van der Waals surface area contributed by atoms with Gasteiger partial charge in [0.2, 0.25) is 0 Å². The van der Waals surface area contributed by atoms with E-state index in [2.05, 4.69) is 19.9 Å². The topological polar surface area (TPSA) is 68.8 Å². The average molecular weight is 337 g/mol. The number of nitrogen functional groups attached to an aromatic ring is 1. The Morgan fingerprint density at radius 2 is 2.04 bits per heavy atom. The third-order valence-electron chi connectivity index (χ3n) is 5.01. The summed E-state index contributed by atoms with van der Waals surface area (Å²) in [4.78, 5) is 8.24. The molecule has 128 valence electrons. The summed E-state index contributed by atoms with van der Waals surface area (Å²) < 4.78 is 41.2. The van der Waals surface area contributed by atoms with Gasteiger partial charge >= 0.3 is 6.18 Å². The molecule has 0 amide bonds. The highest BCUT2D eigenvalue weighted by Gasteiger charge is 2.54. The highest BCUT2D eigenvalue weighted by molar-refractivity contribution is 5.62. The summed E-state index contributed by atoms with van der Waals surface area (Å²) in [7, 11) is 0. The van der Waals surface area contributed by atoms with E-state index in [1.54, 1.807) is 0 Å². The minimum Gasteiger partial charge on any atom is -0.383 e. The Hall–Kier alpha value is -2.09. The summed E-state index contributed by atoms with van der Waals surface area (Å²) in [5.41, 5.74) is 5.31. The Balaban J connectivity index is 1.71. The van der Waals surface area contributed by atoms with Gasteiger partial charge in [0.15, 0.2) is 0 Å². The molecule has 2 aromatic rings. The zero-order chi connectivity index (χ0) is 17.1. The molecule has 0 aromatic carbocycles. The lowest BCUT2D eigenvalue weighted by Crippen LogP contribution is -2.17. The Morgan fingerprint density at radius 3 is 2.67 bits per heavy atom. The molecule has 2 aliphatic rings. The normalized spacial score (nSPS) is 25.8. The zero-order valence-corrected chi connectivity index (χ0v) is 13.1. The number of alkyl halides is 3. The fraction of sp³-hybridized carbons (Fsp3) is 0.500. The number of piperidine rings is 1. The number of nitrogens with one attached hydrogen (secondary N) is 1. The van der Waals surface area contributed by atoms with Gasteiger partial charge in [0, 0.05) is 43.5 Å². The summed E-state index contributed by atoms with van der Waals surface area (Å²) in [6.07, 6.45) is -0.582. The summed E-state index contributed by atoms with van der Waals surface area (Å²) >= 11 is 0. The number of aryl methyl sites for hydroxylation is 1. The number of hydrogen-bond donors (Lipinski definition) is 2. The third kappa shape index (κ3) is 2.36. The molecule has 3 N–H and O–H groups in total. The fourth-order valence-corrected chi connectivity index (χ4v) is 3.73. The van der Waals surface area contributed by atoms with Crippen molar-refractivity contribution in [3.05, 3.63) is 29.8 Å². The van der Waals surface area contributed by atoms with Gasteiger partial charge in [-0.05, 0) is 17.9 Å². The van der Waals surface area contributed by atoms with Crippen molar-refractivity contribution < 1.29 is 13.2 Å². The molecular formula is C16H18F3N5. The average Bonchev–Trinajstić information content (AvgIpc) is 2.93. The molecule has 0 bridgehead atoms. The van der Waals surface area contributed by atoms with Crippen LogP contribution in [0.4, 0.5) is 19.0 Å². The Kier molecular flexibility index (Phi) is 3.35. The van der Waals surface area contributed by atoms with E-state index in [1.165, 1.54) is 6.20 Å². The van der Waals surface area contributed by atoms with Crippen LogP contribution in [-0.4, -0.2) is 27.6 Å². The number of rotatable bonds is 3. The molecule has 1 unspecified atom stereocenters. The molecule has 1 saturated carbocycles. The largest absolute Gasteiger partial charge is 0.419 e. The predicted octanol–water partition coefficient (Wildman–Crippen LogP) is 2.50. The summed E-state index contributed by atoms with van der Waals surface area (Å²) in [5, 5.41) is 3.35. The van der Waals surface area contributed by atoms with E-state index in [9.17, 15) is 13.2 Å². The molecule has 8 heteroatoms. The van der Waals surface area contributed by atoms with Crippen molar-refractivity contribution in [3.63, 3.8) is 0 Å². The number of nitrogens with zero attached hydrogens (tertiary/aromatic N) is 3. The second-order valence-corrected chi connectivity index (χ2v) is 6.43. The van der Waals surface area contributed by atoms with Crippen LogP contribution in [0.15, 0.2) is 18.5 Å². The second kappa shape index (κ2) is 5.20. The summed E-state index contributed by atoms with van der Waals surface area (Å²) in [6, 6.07) is 1.44. The molecule has 2 aromatic heterocycles. The molecule has 5 nitrogen and oxygen atoms in total. The molecule has 2 fully saturated rings. The van der Waals surface area contributed by atoms with Gasteiger partial charge in [0.05, 0.1) is 11.3 Å². The number of pyridine rings is 1. The first-order valence-electron chi connectivity index (χ1n) is 8.01. The molecule has 1 aliphatic heterocycles. The number of aromatic nitrogens is 3. The van der Waals surface area contributed by atoms with Crippen LogP contribution in [0, 0.1) is 11.8 Å². The Bertz CT molecular complexity index is 773. The maximum absolute atomic E-state index is 13.0. The van der Waals surface area contributed by atoms with Crippen molar-refractivity contribution in [2.45, 2.75) is 25.6 Å². The molecule has 4 rings (SSSR count). The molecule has 3 heterocycles. The van der Waals surface area contributed by atoms with E-state index in [0.29, 0.717) is 29.1 Å². The first-order valence-corrected chi connectivity index (χ1v) is 8.01. The van der Waals surface area contributed by atoms with Gasteiger partial charge in [0.25, 0.3) is 0 Å². The first kappa shape index (κ1) is 15.4. The van der Waals surface area contributed by atoms with Crippen LogP contribution in [0.25, 0.3) is 11.3 Å². The quantitative estimate of drug-likeness (QED) is 0.903. The van der Waals surface area contributed by atoms with Crippen molar-refractivity contribution >= 4 is 5.82 Å². The summed E-state index contributed by atoms with van der Waals surface area (Å²) in [6.45, 7) is 3.99. The van der Waals surface area contributed by atoms with Gasteiger partial charge in [-0.3, -0.25) is 0 Å². The van der Waals surface area contributed by atoms with Crippen LogP contribution in [0.3, 0.4) is 0 Å². The number of fused-ring (bicyclic) bond motifs is 1. The monoisotopic (exact) mass is 337 g/mol. The highest BCUT2D eigenvalue weighted by Crippen LogP contribution is 2.53. The lowest BCUT2D eigenvalue weighted by atomic mass is 10.1. The zero-order valence-electron chi connectivity index (χ0n) is 13.1. The fourth-order valence-electron chi connectivity index (χ4n) is 3.73. The number of imidazole rings is 1. The molecule has 1 saturated heterocycles. The van der Waals surface area contributed by atoms with Gasteiger partial charge in [-0.1, -0.05) is 6.92 Å². The van der Waals surface area contributed by atoms with Crippen molar-refractivity contribution in [2.24, 2.45) is 11.8 Å². The smallest absolute Gasteiger partial charge is 0.383 e. The van der Waals surface area contributed by atoms with E-state index < -0.39 is 17.6 Å². The van der Waals surface area contributed by atoms with Gasteiger partial charge in [-0.25, -0.2) is 9.97 Å². The molecule has 1 aliphatic carbocycles. The maximum atomic E-state index is 13.0. The summed E-state index contributed by atoms with van der Waals surface area (Å²) in [5.74, 6) is 1.60. The van der Waals surface area contributed by atoms with Crippen LogP contribution < -0.4 is 11.1 Å². The van der Waals surface area contributed by atoms with Gasteiger partial charge in [0.1, 0.15) is 11.6 Å². The van der Waals surface area contributed by atoms with E-state index >= 15 is 0 Å². The number of anilines is 1. The van der Waals surface area contributed by atoms with E-state index in [4.69, 9.17) is 5.73 Å². The molecule has 24 heavy (non-hydrogen) atoms. The molecule has 0 radical (unpaired) electrons. The van der Waals surface area contributed by atoms with Crippen LogP contribution >= 0.6 is 0 Å². The van der Waals surface area contributed by atoms with Gasteiger partial charge < -0.3 is 15.6 Å².